The van der Waals surface area contributed by atoms with E-state index in [1.165, 1.54) is 0 Å². The van der Waals surface area contributed by atoms with Gasteiger partial charge in [-0.1, -0.05) is 28.1 Å². The highest BCUT2D eigenvalue weighted by Gasteiger charge is 2.51. The van der Waals surface area contributed by atoms with Crippen LogP contribution in [0.3, 0.4) is 0 Å². The molecule has 1 unspecified atom stereocenters. The normalized spacial score (nSPS) is 17.8. The fourth-order valence-electron chi connectivity index (χ4n) is 2.21. The zero-order valence-electron chi connectivity index (χ0n) is 10.9. The minimum atomic E-state index is -0.415. The first kappa shape index (κ1) is 14.5. The summed E-state index contributed by atoms with van der Waals surface area (Å²) in [4.78, 5) is 12.4. The zero-order valence-corrected chi connectivity index (χ0v) is 12.4. The maximum Gasteiger partial charge on any atom is 0.231 e. The summed E-state index contributed by atoms with van der Waals surface area (Å²) < 4.78 is 5.97. The number of methoxy groups -OCH3 is 1. The third-order valence-electron chi connectivity index (χ3n) is 3.50. The summed E-state index contributed by atoms with van der Waals surface area (Å²) in [6.45, 7) is 0.203. The summed E-state index contributed by atoms with van der Waals surface area (Å²) in [6.07, 6.45) is 1.71. The molecule has 0 spiro atoms. The highest BCUT2D eigenvalue weighted by Crippen LogP contribution is 2.48. The van der Waals surface area contributed by atoms with Gasteiger partial charge in [0.2, 0.25) is 5.91 Å². The topological polar surface area (TPSA) is 58.6 Å². The lowest BCUT2D eigenvalue weighted by Gasteiger charge is -2.21. The van der Waals surface area contributed by atoms with Crippen molar-refractivity contribution in [2.75, 3.05) is 20.3 Å². The Morgan fingerprint density at radius 2 is 2.11 bits per heavy atom. The molecule has 2 N–H and O–H groups in total. The first-order chi connectivity index (χ1) is 9.12. The Bertz CT molecular complexity index is 443. The third kappa shape index (κ3) is 3.16. The van der Waals surface area contributed by atoms with Crippen molar-refractivity contribution in [1.29, 1.82) is 0 Å². The van der Waals surface area contributed by atoms with E-state index in [0.717, 1.165) is 22.9 Å². The number of carbonyl (C=O) groups excluding carboxylic acids is 1. The number of amides is 1. The van der Waals surface area contributed by atoms with Crippen molar-refractivity contribution in [3.8, 4) is 0 Å². The number of hydrogen-bond donors (Lipinski definition) is 2. The summed E-state index contributed by atoms with van der Waals surface area (Å²) in [7, 11) is 1.55. The number of rotatable bonds is 6. The molecule has 1 fully saturated rings. The van der Waals surface area contributed by atoms with Gasteiger partial charge in [-0.05, 0) is 30.5 Å². The molecular formula is C14H18BrNO3. The molecule has 1 amide bonds. The van der Waals surface area contributed by atoms with E-state index >= 15 is 0 Å². The molecule has 4 nitrogen and oxygen atoms in total. The summed E-state index contributed by atoms with van der Waals surface area (Å²) in [5.74, 6) is -0.0223. The van der Waals surface area contributed by atoms with Crippen LogP contribution in [0.5, 0.6) is 0 Å². The zero-order chi connectivity index (χ0) is 13.9. The van der Waals surface area contributed by atoms with E-state index in [-0.39, 0.29) is 18.6 Å². The molecule has 2 rings (SSSR count). The van der Waals surface area contributed by atoms with Gasteiger partial charge in [0, 0.05) is 11.6 Å². The fourth-order valence-corrected chi connectivity index (χ4v) is 2.47. The maximum absolute atomic E-state index is 12.4. The van der Waals surface area contributed by atoms with Gasteiger partial charge in [0.15, 0.2) is 0 Å². The molecule has 1 aliphatic rings. The molecular weight excluding hydrogens is 310 g/mol. The molecule has 1 saturated carbocycles. The first-order valence-corrected chi connectivity index (χ1v) is 7.08. The minimum absolute atomic E-state index is 0.0223. The fraction of sp³-hybridized carbons (Fsp3) is 0.500. The molecule has 0 aromatic heterocycles. The number of aliphatic hydroxyl groups excluding tert-OH is 1. The summed E-state index contributed by atoms with van der Waals surface area (Å²) in [5, 5.41) is 12.1. The van der Waals surface area contributed by atoms with E-state index in [4.69, 9.17) is 4.74 Å². The van der Waals surface area contributed by atoms with Gasteiger partial charge in [0.1, 0.15) is 0 Å². The van der Waals surface area contributed by atoms with Crippen LogP contribution in [0.4, 0.5) is 0 Å². The Balaban J connectivity index is 2.07. The lowest BCUT2D eigenvalue weighted by atomic mass is 9.95. The van der Waals surface area contributed by atoms with Crippen LogP contribution in [-0.2, 0) is 14.9 Å². The van der Waals surface area contributed by atoms with Crippen LogP contribution in [0.1, 0.15) is 18.4 Å². The van der Waals surface area contributed by atoms with Crippen LogP contribution in [0.25, 0.3) is 0 Å². The molecule has 0 heterocycles. The van der Waals surface area contributed by atoms with E-state index < -0.39 is 5.41 Å². The number of benzene rings is 1. The van der Waals surface area contributed by atoms with Gasteiger partial charge in [0.25, 0.3) is 0 Å². The van der Waals surface area contributed by atoms with Gasteiger partial charge in [-0.25, -0.2) is 0 Å². The molecule has 1 atom stereocenters. The van der Waals surface area contributed by atoms with Crippen molar-refractivity contribution in [2.45, 2.75) is 24.3 Å². The smallest absolute Gasteiger partial charge is 0.231 e. The Hall–Kier alpha value is -0.910. The second kappa shape index (κ2) is 6.03. The van der Waals surface area contributed by atoms with Crippen molar-refractivity contribution in [1.82, 2.24) is 5.32 Å². The predicted octanol–water partition coefficient (Wildman–Crippen LogP) is 1.60. The Morgan fingerprint density at radius 3 is 2.58 bits per heavy atom. The number of ether oxygens (including phenoxy) is 1. The molecule has 1 aromatic carbocycles. The molecule has 0 bridgehead atoms. The average Bonchev–Trinajstić information content (AvgIpc) is 3.20. The lowest BCUT2D eigenvalue weighted by Crippen LogP contribution is -2.45. The van der Waals surface area contributed by atoms with Crippen molar-refractivity contribution >= 4 is 21.8 Å². The van der Waals surface area contributed by atoms with Gasteiger partial charge in [-0.3, -0.25) is 4.79 Å². The largest absolute Gasteiger partial charge is 0.394 e. The van der Waals surface area contributed by atoms with E-state index in [0.29, 0.717) is 6.61 Å². The van der Waals surface area contributed by atoms with E-state index in [1.807, 2.05) is 24.3 Å². The number of aliphatic hydroxyl groups is 1. The quantitative estimate of drug-likeness (QED) is 0.834. The molecule has 0 radical (unpaired) electrons. The monoisotopic (exact) mass is 327 g/mol. The molecule has 19 heavy (non-hydrogen) atoms. The van der Waals surface area contributed by atoms with Crippen molar-refractivity contribution in [3.63, 3.8) is 0 Å². The van der Waals surface area contributed by atoms with E-state index in [2.05, 4.69) is 21.2 Å². The SMILES string of the molecule is COCC(CO)NC(=O)C1(c2ccc(Br)cc2)CC1. The molecule has 1 aliphatic carbocycles. The van der Waals surface area contributed by atoms with Crippen LogP contribution in [0.15, 0.2) is 28.7 Å². The highest BCUT2D eigenvalue weighted by molar-refractivity contribution is 9.10. The second-order valence-electron chi connectivity index (χ2n) is 4.90. The molecule has 0 saturated heterocycles. The van der Waals surface area contributed by atoms with Gasteiger partial charge < -0.3 is 15.2 Å². The summed E-state index contributed by atoms with van der Waals surface area (Å²) in [5.41, 5.74) is 0.615. The lowest BCUT2D eigenvalue weighted by molar-refractivity contribution is -0.125. The van der Waals surface area contributed by atoms with Crippen LogP contribution in [0.2, 0.25) is 0 Å². The first-order valence-electron chi connectivity index (χ1n) is 6.29. The van der Waals surface area contributed by atoms with Gasteiger partial charge in [-0.15, -0.1) is 0 Å². The van der Waals surface area contributed by atoms with Crippen molar-refractivity contribution in [3.05, 3.63) is 34.3 Å². The van der Waals surface area contributed by atoms with Crippen molar-refractivity contribution in [2.24, 2.45) is 0 Å². The van der Waals surface area contributed by atoms with Crippen LogP contribution >= 0.6 is 15.9 Å². The molecule has 0 aliphatic heterocycles. The molecule has 104 valence electrons. The Kier molecular flexibility index (Phi) is 4.60. The maximum atomic E-state index is 12.4. The van der Waals surface area contributed by atoms with Gasteiger partial charge >= 0.3 is 0 Å². The van der Waals surface area contributed by atoms with E-state index in [9.17, 15) is 9.90 Å². The minimum Gasteiger partial charge on any atom is -0.394 e. The predicted molar refractivity (Wildman–Crippen MR) is 75.9 cm³/mol. The standard InChI is InChI=1S/C14H18BrNO3/c1-19-9-12(8-17)16-13(18)14(6-7-14)10-2-4-11(15)5-3-10/h2-5,12,17H,6-9H2,1H3,(H,16,18). The Labute approximate surface area is 121 Å². The highest BCUT2D eigenvalue weighted by atomic mass is 79.9. The number of hydrogen-bond acceptors (Lipinski definition) is 3. The van der Waals surface area contributed by atoms with E-state index in [1.54, 1.807) is 7.11 Å². The molecule has 5 heteroatoms. The van der Waals surface area contributed by atoms with Crippen LogP contribution < -0.4 is 5.32 Å². The second-order valence-corrected chi connectivity index (χ2v) is 5.81. The summed E-state index contributed by atoms with van der Waals surface area (Å²) in [6, 6.07) is 7.50. The van der Waals surface area contributed by atoms with Crippen molar-refractivity contribution < 1.29 is 14.6 Å². The average molecular weight is 328 g/mol. The third-order valence-corrected chi connectivity index (χ3v) is 4.03. The summed E-state index contributed by atoms with van der Waals surface area (Å²) >= 11 is 3.39. The Morgan fingerprint density at radius 1 is 1.47 bits per heavy atom. The molecule has 1 aromatic rings. The number of nitrogens with one attached hydrogen (secondary N) is 1. The van der Waals surface area contributed by atoms with Gasteiger partial charge in [-0.2, -0.15) is 0 Å². The number of halogens is 1. The van der Waals surface area contributed by atoms with Crippen LogP contribution in [-0.4, -0.2) is 37.4 Å². The number of carbonyl (C=O) groups is 1. The van der Waals surface area contributed by atoms with Gasteiger partial charge in [0.05, 0.1) is 24.7 Å². The van der Waals surface area contributed by atoms with Crippen LogP contribution in [0, 0.1) is 0 Å².